The number of nitrogens with one attached hydrogen (secondary N) is 3. The van der Waals surface area contributed by atoms with E-state index in [2.05, 4.69) is 73.0 Å². The van der Waals surface area contributed by atoms with Crippen LogP contribution in [-0.4, -0.2) is 58.7 Å². The second-order valence-corrected chi connectivity index (χ2v) is 10.3. The van der Waals surface area contributed by atoms with Gasteiger partial charge in [-0.3, -0.25) is 9.69 Å². The first-order valence-corrected chi connectivity index (χ1v) is 12.5. The van der Waals surface area contributed by atoms with Crippen LogP contribution in [0.25, 0.3) is 0 Å². The molecule has 2 aliphatic heterocycles. The van der Waals surface area contributed by atoms with E-state index >= 15 is 0 Å². The summed E-state index contributed by atoms with van der Waals surface area (Å²) in [6.07, 6.45) is -0.724. The van der Waals surface area contributed by atoms with Crippen molar-refractivity contribution in [2.45, 2.75) is 59.2 Å². The van der Waals surface area contributed by atoms with Crippen LogP contribution in [0.2, 0.25) is 0 Å². The lowest BCUT2D eigenvalue weighted by atomic mass is 9.97. The van der Waals surface area contributed by atoms with Crippen LogP contribution in [0, 0.1) is 11.8 Å². The summed E-state index contributed by atoms with van der Waals surface area (Å²) in [5.74, 6) is -0.330. The summed E-state index contributed by atoms with van der Waals surface area (Å²) in [6, 6.07) is 18.6. The van der Waals surface area contributed by atoms with Crippen LogP contribution in [0.4, 0.5) is 10.5 Å². The first-order chi connectivity index (χ1) is 16.7. The maximum atomic E-state index is 13.4. The summed E-state index contributed by atoms with van der Waals surface area (Å²) < 4.78 is 0. The zero-order valence-corrected chi connectivity index (χ0v) is 21.4. The molecule has 8 heteroatoms. The van der Waals surface area contributed by atoms with Crippen molar-refractivity contribution in [1.29, 1.82) is 0 Å². The van der Waals surface area contributed by atoms with Gasteiger partial charge in [-0.25, -0.2) is 15.2 Å². The summed E-state index contributed by atoms with van der Waals surface area (Å²) in [5, 5.41) is 9.12. The standard InChI is InChI=1S/C27H38N6O2/c1-18(2)16-32-25-23(26(34)31(5)27(32)35)24(29-22-12-7-6-8-13-22)33(30-25)17-21-11-9-10-20(14-21)15-28-19(3)4/h6-14,18-19,23-25,28-30H,15-17H2,1-5H3. The highest BCUT2D eigenvalue weighted by Crippen LogP contribution is 2.33. The van der Waals surface area contributed by atoms with Crippen molar-refractivity contribution in [1.82, 2.24) is 25.6 Å². The molecule has 2 saturated heterocycles. The fourth-order valence-corrected chi connectivity index (χ4v) is 4.82. The number of carbonyl (C=O) groups is 2. The molecule has 0 aromatic heterocycles. The smallest absolute Gasteiger partial charge is 0.327 e. The maximum absolute atomic E-state index is 13.4. The van der Waals surface area contributed by atoms with E-state index in [1.807, 2.05) is 30.3 Å². The van der Waals surface area contributed by atoms with Gasteiger partial charge >= 0.3 is 6.03 Å². The first kappa shape index (κ1) is 25.2. The molecule has 2 heterocycles. The summed E-state index contributed by atoms with van der Waals surface area (Å²) in [5.41, 5.74) is 6.82. The van der Waals surface area contributed by atoms with Gasteiger partial charge in [0.2, 0.25) is 5.91 Å². The highest BCUT2D eigenvalue weighted by Gasteiger charge is 2.55. The number of imide groups is 1. The molecule has 2 fully saturated rings. The van der Waals surface area contributed by atoms with Gasteiger partial charge in [-0.15, -0.1) is 0 Å². The molecule has 0 radical (unpaired) electrons. The van der Waals surface area contributed by atoms with Crippen molar-refractivity contribution < 1.29 is 9.59 Å². The molecule has 3 atom stereocenters. The first-order valence-electron chi connectivity index (χ1n) is 12.5. The Morgan fingerprint density at radius 1 is 0.971 bits per heavy atom. The minimum atomic E-state index is -0.442. The van der Waals surface area contributed by atoms with Crippen LogP contribution < -0.4 is 16.1 Å². The molecule has 35 heavy (non-hydrogen) atoms. The average Bonchev–Trinajstić information content (AvgIpc) is 3.17. The van der Waals surface area contributed by atoms with E-state index in [9.17, 15) is 9.59 Å². The highest BCUT2D eigenvalue weighted by molar-refractivity contribution is 5.99. The fraction of sp³-hybridized carbons (Fsp3) is 0.481. The number of anilines is 1. The molecule has 0 bridgehead atoms. The lowest BCUT2D eigenvalue weighted by Crippen LogP contribution is -2.64. The van der Waals surface area contributed by atoms with Crippen molar-refractivity contribution in [3.05, 3.63) is 65.7 Å². The summed E-state index contributed by atoms with van der Waals surface area (Å²) in [7, 11) is 1.58. The van der Waals surface area contributed by atoms with Crippen LogP contribution in [0.1, 0.15) is 38.8 Å². The number of urea groups is 1. The number of para-hydroxylation sites is 1. The van der Waals surface area contributed by atoms with Crippen LogP contribution in [-0.2, 0) is 17.9 Å². The third-order valence-corrected chi connectivity index (χ3v) is 6.51. The van der Waals surface area contributed by atoms with Gasteiger partial charge in [0.05, 0.1) is 0 Å². The Bertz CT molecular complexity index is 1030. The minimum absolute atomic E-state index is 0.168. The van der Waals surface area contributed by atoms with Gasteiger partial charge in [0.1, 0.15) is 18.2 Å². The molecular formula is C27H38N6O2. The van der Waals surface area contributed by atoms with Crippen LogP contribution >= 0.6 is 0 Å². The zero-order chi connectivity index (χ0) is 25.1. The number of benzene rings is 2. The van der Waals surface area contributed by atoms with Gasteiger partial charge in [-0.05, 0) is 29.2 Å². The molecule has 3 N–H and O–H groups in total. The molecule has 2 aromatic carbocycles. The van der Waals surface area contributed by atoms with E-state index in [-0.39, 0.29) is 24.0 Å². The molecule has 2 aromatic rings. The zero-order valence-electron chi connectivity index (χ0n) is 21.4. The number of amides is 3. The molecule has 2 aliphatic rings. The lowest BCUT2D eigenvalue weighted by Gasteiger charge is -2.41. The third kappa shape index (κ3) is 5.66. The SMILES string of the molecule is CC(C)CN1C(=O)N(C)C(=O)C2C(Nc3ccccc3)N(Cc3cccc(CNC(C)C)c3)NC21. The number of nitrogens with zero attached hydrogens (tertiary/aromatic N) is 3. The molecule has 188 valence electrons. The predicted octanol–water partition coefficient (Wildman–Crippen LogP) is 3.44. The molecule has 8 nitrogen and oxygen atoms in total. The number of hydrogen-bond donors (Lipinski definition) is 3. The monoisotopic (exact) mass is 478 g/mol. The van der Waals surface area contributed by atoms with Crippen LogP contribution in [0.5, 0.6) is 0 Å². The van der Waals surface area contributed by atoms with E-state index in [4.69, 9.17) is 0 Å². The Morgan fingerprint density at radius 2 is 1.69 bits per heavy atom. The third-order valence-electron chi connectivity index (χ3n) is 6.51. The van der Waals surface area contributed by atoms with Gasteiger partial charge < -0.3 is 15.5 Å². The molecule has 0 spiro atoms. The summed E-state index contributed by atoms with van der Waals surface area (Å²) in [6.45, 7) is 10.4. The van der Waals surface area contributed by atoms with Crippen LogP contribution in [0.15, 0.2) is 54.6 Å². The number of carbonyl (C=O) groups excluding carboxylic acids is 2. The second kappa shape index (κ2) is 10.8. The molecule has 3 unspecified atom stereocenters. The van der Waals surface area contributed by atoms with E-state index in [0.29, 0.717) is 19.1 Å². The molecule has 0 aliphatic carbocycles. The Labute approximate surface area is 208 Å². The number of rotatable bonds is 9. The maximum Gasteiger partial charge on any atom is 0.327 e. The van der Waals surface area contributed by atoms with Crippen molar-refractivity contribution in [3.63, 3.8) is 0 Å². The quantitative estimate of drug-likeness (QED) is 0.513. The van der Waals surface area contributed by atoms with Crippen molar-refractivity contribution >= 4 is 17.6 Å². The van der Waals surface area contributed by atoms with Gasteiger partial charge in [0, 0.05) is 38.4 Å². The van der Waals surface area contributed by atoms with E-state index in [1.54, 1.807) is 11.9 Å². The van der Waals surface area contributed by atoms with E-state index in [0.717, 1.165) is 17.8 Å². The average molecular weight is 479 g/mol. The van der Waals surface area contributed by atoms with Crippen molar-refractivity contribution in [3.8, 4) is 0 Å². The molecular weight excluding hydrogens is 440 g/mol. The van der Waals surface area contributed by atoms with Crippen molar-refractivity contribution in [2.75, 3.05) is 18.9 Å². The van der Waals surface area contributed by atoms with Gasteiger partial charge in [-0.1, -0.05) is 70.2 Å². The van der Waals surface area contributed by atoms with Gasteiger partial charge in [0.25, 0.3) is 0 Å². The largest absolute Gasteiger partial charge is 0.368 e. The Balaban J connectivity index is 1.64. The fourth-order valence-electron chi connectivity index (χ4n) is 4.82. The minimum Gasteiger partial charge on any atom is -0.368 e. The second-order valence-electron chi connectivity index (χ2n) is 10.3. The van der Waals surface area contributed by atoms with E-state index in [1.165, 1.54) is 10.5 Å². The van der Waals surface area contributed by atoms with Gasteiger partial charge in [0.15, 0.2) is 0 Å². The molecule has 4 rings (SSSR count). The van der Waals surface area contributed by atoms with Crippen LogP contribution in [0.3, 0.4) is 0 Å². The predicted molar refractivity (Wildman–Crippen MR) is 138 cm³/mol. The normalized spacial score (nSPS) is 22.9. The molecule has 0 saturated carbocycles. The Morgan fingerprint density at radius 3 is 2.37 bits per heavy atom. The number of fused-ring (bicyclic) bond motifs is 1. The summed E-state index contributed by atoms with van der Waals surface area (Å²) in [4.78, 5) is 29.5. The number of hydrogen-bond acceptors (Lipinski definition) is 6. The van der Waals surface area contributed by atoms with E-state index < -0.39 is 12.1 Å². The number of hydrazine groups is 1. The van der Waals surface area contributed by atoms with Crippen molar-refractivity contribution in [2.24, 2.45) is 11.8 Å². The Kier molecular flexibility index (Phi) is 7.74. The summed E-state index contributed by atoms with van der Waals surface area (Å²) >= 11 is 0. The lowest BCUT2D eigenvalue weighted by molar-refractivity contribution is -0.137. The van der Waals surface area contributed by atoms with Gasteiger partial charge in [-0.2, -0.15) is 0 Å². The topological polar surface area (TPSA) is 80.0 Å². The molecule has 3 amide bonds. The Hall–Kier alpha value is -2.94. The highest BCUT2D eigenvalue weighted by atomic mass is 16.2.